The van der Waals surface area contributed by atoms with Crippen LogP contribution >= 0.6 is 15.9 Å². The van der Waals surface area contributed by atoms with Crippen LogP contribution in [0.1, 0.15) is 16.8 Å². The Morgan fingerprint density at radius 1 is 1.20 bits per heavy atom. The van der Waals surface area contributed by atoms with E-state index in [4.69, 9.17) is 0 Å². The molecule has 0 amide bonds. The zero-order chi connectivity index (χ0) is 21.3. The smallest absolute Gasteiger partial charge is 0.211 e. The maximum Gasteiger partial charge on any atom is 0.211 e. The largest absolute Gasteiger partial charge is 0.364 e. The normalized spacial score (nSPS) is 17.6. The molecule has 1 aliphatic heterocycles. The van der Waals surface area contributed by atoms with Gasteiger partial charge >= 0.3 is 0 Å². The van der Waals surface area contributed by atoms with E-state index in [9.17, 15) is 8.42 Å². The SMILES string of the molecule is Cn1cncc1CN1C[C@@H](Cc2cccnc2)N(S(C)(=O)=O)Cc2cc(Br)ccc21. The van der Waals surface area contributed by atoms with Gasteiger partial charge in [-0.05, 0) is 41.8 Å². The zero-order valence-corrected chi connectivity index (χ0v) is 19.3. The second-order valence-corrected chi connectivity index (χ2v) is 10.5. The first-order valence-corrected chi connectivity index (χ1v) is 12.3. The van der Waals surface area contributed by atoms with Crippen LogP contribution in [0.2, 0.25) is 0 Å². The number of sulfonamides is 1. The van der Waals surface area contributed by atoms with Crippen LogP contribution in [-0.2, 0) is 36.6 Å². The Labute approximate surface area is 185 Å². The number of nitrogens with zero attached hydrogens (tertiary/aromatic N) is 5. The standard InChI is InChI=1S/C21H24BrN5O2S/c1-25-15-24-11-20(25)14-26-13-19(8-16-4-3-7-23-10-16)27(30(2,28)29)12-17-9-18(22)5-6-21(17)26/h3-7,9-11,15,19H,8,12-14H2,1-2H3/t19-/m1/s1. The highest BCUT2D eigenvalue weighted by atomic mass is 79.9. The van der Waals surface area contributed by atoms with Gasteiger partial charge in [0.05, 0.1) is 24.8 Å². The van der Waals surface area contributed by atoms with Gasteiger partial charge in [0.1, 0.15) is 0 Å². The van der Waals surface area contributed by atoms with Crippen molar-refractivity contribution in [3.63, 3.8) is 0 Å². The summed E-state index contributed by atoms with van der Waals surface area (Å²) in [5.41, 5.74) is 4.10. The number of aryl methyl sites for hydroxylation is 1. The average Bonchev–Trinajstić information content (AvgIpc) is 3.02. The topological polar surface area (TPSA) is 71.3 Å². The van der Waals surface area contributed by atoms with Crippen molar-refractivity contribution < 1.29 is 8.42 Å². The summed E-state index contributed by atoms with van der Waals surface area (Å²) in [6.07, 6.45) is 9.06. The van der Waals surface area contributed by atoms with Gasteiger partial charge in [0.25, 0.3) is 0 Å². The Bertz CT molecular complexity index is 1130. The fraction of sp³-hybridized carbons (Fsp3) is 0.333. The molecule has 7 nitrogen and oxygen atoms in total. The van der Waals surface area contributed by atoms with Crippen LogP contribution in [0.15, 0.2) is 59.7 Å². The predicted molar refractivity (Wildman–Crippen MR) is 121 cm³/mol. The summed E-state index contributed by atoms with van der Waals surface area (Å²) in [7, 11) is -1.44. The first kappa shape index (κ1) is 21.0. The molecule has 3 aromatic rings. The van der Waals surface area contributed by atoms with Gasteiger partial charge < -0.3 is 9.47 Å². The summed E-state index contributed by atoms with van der Waals surface area (Å²) < 4.78 is 30.1. The Hall–Kier alpha value is -2.23. The Morgan fingerprint density at radius 3 is 2.70 bits per heavy atom. The van der Waals surface area contributed by atoms with Crippen molar-refractivity contribution in [1.82, 2.24) is 18.8 Å². The predicted octanol–water partition coefficient (Wildman–Crippen LogP) is 2.97. The molecule has 1 atom stereocenters. The van der Waals surface area contributed by atoms with Crippen molar-refractivity contribution in [2.24, 2.45) is 7.05 Å². The first-order valence-electron chi connectivity index (χ1n) is 9.65. The van der Waals surface area contributed by atoms with Gasteiger partial charge in [0, 0.05) is 54.9 Å². The van der Waals surface area contributed by atoms with Gasteiger partial charge in [-0.2, -0.15) is 4.31 Å². The third-order valence-corrected chi connectivity index (χ3v) is 7.21. The fourth-order valence-corrected chi connectivity index (χ4v) is 5.42. The number of aromatic nitrogens is 3. The number of rotatable bonds is 5. The van der Waals surface area contributed by atoms with E-state index in [0.717, 1.165) is 27.0 Å². The monoisotopic (exact) mass is 489 g/mol. The van der Waals surface area contributed by atoms with Gasteiger partial charge in [-0.3, -0.25) is 4.98 Å². The minimum Gasteiger partial charge on any atom is -0.364 e. The summed E-state index contributed by atoms with van der Waals surface area (Å²) in [6, 6.07) is 9.73. The Kier molecular flexibility index (Phi) is 5.95. The van der Waals surface area contributed by atoms with E-state index in [1.165, 1.54) is 6.26 Å². The lowest BCUT2D eigenvalue weighted by Crippen LogP contribution is -2.45. The maximum absolute atomic E-state index is 12.8. The highest BCUT2D eigenvalue weighted by molar-refractivity contribution is 9.10. The molecule has 0 spiro atoms. The summed E-state index contributed by atoms with van der Waals surface area (Å²) >= 11 is 3.54. The number of hydrogen-bond acceptors (Lipinski definition) is 5. The van der Waals surface area contributed by atoms with E-state index in [1.807, 2.05) is 42.1 Å². The van der Waals surface area contributed by atoms with Crippen LogP contribution in [0, 0.1) is 0 Å². The molecule has 0 saturated carbocycles. The number of imidazole rings is 1. The molecule has 0 N–H and O–H groups in total. The van der Waals surface area contributed by atoms with Crippen molar-refractivity contribution in [2.45, 2.75) is 25.6 Å². The maximum atomic E-state index is 12.8. The zero-order valence-electron chi connectivity index (χ0n) is 16.9. The third-order valence-electron chi connectivity index (χ3n) is 5.44. The molecule has 0 aliphatic carbocycles. The van der Waals surface area contributed by atoms with Gasteiger partial charge in [-0.25, -0.2) is 13.4 Å². The van der Waals surface area contributed by atoms with Crippen LogP contribution < -0.4 is 4.90 Å². The van der Waals surface area contributed by atoms with Gasteiger partial charge in [-0.15, -0.1) is 0 Å². The fourth-order valence-electron chi connectivity index (χ4n) is 3.96. The summed E-state index contributed by atoms with van der Waals surface area (Å²) in [5.74, 6) is 0. The number of hydrogen-bond donors (Lipinski definition) is 0. The van der Waals surface area contributed by atoms with E-state index in [1.54, 1.807) is 23.0 Å². The average molecular weight is 490 g/mol. The minimum atomic E-state index is -3.41. The molecule has 1 aromatic carbocycles. The van der Waals surface area contributed by atoms with E-state index in [2.05, 4.69) is 36.9 Å². The molecular weight excluding hydrogens is 466 g/mol. The van der Waals surface area contributed by atoms with Crippen LogP contribution in [0.4, 0.5) is 5.69 Å². The van der Waals surface area contributed by atoms with Crippen molar-refractivity contribution in [3.05, 3.63) is 76.5 Å². The highest BCUT2D eigenvalue weighted by Crippen LogP contribution is 2.33. The van der Waals surface area contributed by atoms with Gasteiger partial charge in [0.2, 0.25) is 10.0 Å². The molecule has 2 aromatic heterocycles. The molecule has 30 heavy (non-hydrogen) atoms. The van der Waals surface area contributed by atoms with Crippen molar-refractivity contribution in [3.8, 4) is 0 Å². The number of benzene rings is 1. The molecule has 0 saturated heterocycles. The lowest BCUT2D eigenvalue weighted by atomic mass is 10.1. The Morgan fingerprint density at radius 2 is 2.03 bits per heavy atom. The van der Waals surface area contributed by atoms with E-state index >= 15 is 0 Å². The molecule has 3 heterocycles. The Balaban J connectivity index is 1.77. The van der Waals surface area contributed by atoms with Crippen LogP contribution in [0.25, 0.3) is 0 Å². The second kappa shape index (κ2) is 8.49. The van der Waals surface area contributed by atoms with Crippen LogP contribution in [-0.4, -0.2) is 46.1 Å². The molecule has 9 heteroatoms. The molecule has 0 unspecified atom stereocenters. The number of pyridine rings is 1. The van der Waals surface area contributed by atoms with Crippen molar-refractivity contribution >= 4 is 31.6 Å². The molecule has 158 valence electrons. The molecule has 0 bridgehead atoms. The lowest BCUT2D eigenvalue weighted by Gasteiger charge is -2.31. The number of fused-ring (bicyclic) bond motifs is 1. The molecule has 4 rings (SSSR count). The van der Waals surface area contributed by atoms with Crippen molar-refractivity contribution in [1.29, 1.82) is 0 Å². The first-order chi connectivity index (χ1) is 14.3. The van der Waals surface area contributed by atoms with E-state index in [0.29, 0.717) is 26.1 Å². The minimum absolute atomic E-state index is 0.219. The highest BCUT2D eigenvalue weighted by Gasteiger charge is 2.33. The number of halogens is 1. The second-order valence-electron chi connectivity index (χ2n) is 7.68. The summed E-state index contributed by atoms with van der Waals surface area (Å²) in [5, 5.41) is 0. The molecule has 0 fully saturated rings. The quantitative estimate of drug-likeness (QED) is 0.550. The van der Waals surface area contributed by atoms with E-state index < -0.39 is 10.0 Å². The molecule has 1 aliphatic rings. The molecular formula is C21H24BrN5O2S. The lowest BCUT2D eigenvalue weighted by molar-refractivity contribution is 0.320. The van der Waals surface area contributed by atoms with Crippen LogP contribution in [0.5, 0.6) is 0 Å². The summed E-state index contributed by atoms with van der Waals surface area (Å²) in [4.78, 5) is 10.7. The van der Waals surface area contributed by atoms with Crippen molar-refractivity contribution in [2.75, 3.05) is 17.7 Å². The number of anilines is 1. The molecule has 0 radical (unpaired) electrons. The van der Waals surface area contributed by atoms with Gasteiger partial charge in [0.15, 0.2) is 0 Å². The van der Waals surface area contributed by atoms with E-state index in [-0.39, 0.29) is 6.04 Å². The van der Waals surface area contributed by atoms with Crippen LogP contribution in [0.3, 0.4) is 0 Å². The van der Waals surface area contributed by atoms with Gasteiger partial charge in [-0.1, -0.05) is 22.0 Å². The third kappa shape index (κ3) is 4.58. The summed E-state index contributed by atoms with van der Waals surface area (Å²) in [6.45, 7) is 1.55.